The number of halogens is 1. The first kappa shape index (κ1) is 4.31. The molecule has 0 amide bonds. The Labute approximate surface area is 45.6 Å². The van der Waals surface area contributed by atoms with Crippen LogP contribution in [0.25, 0.3) is 0 Å². The molecule has 0 aromatic carbocycles. The van der Waals surface area contributed by atoms with Crippen LogP contribution < -0.4 is 0 Å². The molecule has 0 radical (unpaired) electrons. The van der Waals surface area contributed by atoms with E-state index in [2.05, 4.69) is 20.9 Å². The molecule has 1 nitrogen and oxygen atoms in total. The quantitative estimate of drug-likeness (QED) is 0.494. The summed E-state index contributed by atoms with van der Waals surface area (Å²) in [7, 11) is 0. The molecule has 0 aromatic heterocycles. The van der Waals surface area contributed by atoms with Crippen LogP contribution in [0.15, 0.2) is 4.99 Å². The first-order valence-corrected chi connectivity index (χ1v) is 2.88. The molecule has 0 unspecified atom stereocenters. The van der Waals surface area contributed by atoms with Crippen molar-refractivity contribution in [2.24, 2.45) is 4.99 Å². The van der Waals surface area contributed by atoms with Gasteiger partial charge in [0.2, 0.25) is 0 Å². The van der Waals surface area contributed by atoms with Crippen molar-refractivity contribution in [2.45, 2.75) is 12.8 Å². The van der Waals surface area contributed by atoms with Gasteiger partial charge in [0.25, 0.3) is 0 Å². The van der Waals surface area contributed by atoms with Crippen molar-refractivity contribution < 1.29 is 0 Å². The third kappa shape index (κ3) is 0.805. The van der Waals surface area contributed by atoms with E-state index in [-0.39, 0.29) is 0 Å². The zero-order valence-electron chi connectivity index (χ0n) is 3.45. The monoisotopic (exact) mass is 147 g/mol. The molecule has 0 atom stereocenters. The van der Waals surface area contributed by atoms with Gasteiger partial charge in [-0.3, -0.25) is 4.99 Å². The van der Waals surface area contributed by atoms with Gasteiger partial charge in [-0.25, -0.2) is 0 Å². The van der Waals surface area contributed by atoms with Crippen molar-refractivity contribution >= 4 is 20.6 Å². The van der Waals surface area contributed by atoms with E-state index < -0.39 is 0 Å². The highest BCUT2D eigenvalue weighted by atomic mass is 79.9. The van der Waals surface area contributed by atoms with Crippen LogP contribution in [-0.4, -0.2) is 11.2 Å². The molecule has 1 aliphatic rings. The highest BCUT2D eigenvalue weighted by Gasteiger charge is 1.98. The summed E-state index contributed by atoms with van der Waals surface area (Å²) < 4.78 is 1.14. The fourth-order valence-electron chi connectivity index (χ4n) is 0.504. The van der Waals surface area contributed by atoms with Crippen molar-refractivity contribution in [1.29, 1.82) is 0 Å². The standard InChI is InChI=1S/C4H6BrN/c5-4-2-1-3-6-4/h1-3H2. The van der Waals surface area contributed by atoms with Crippen LogP contribution in [0.3, 0.4) is 0 Å². The minimum atomic E-state index is 1.03. The van der Waals surface area contributed by atoms with Crippen molar-refractivity contribution in [3.8, 4) is 0 Å². The van der Waals surface area contributed by atoms with Crippen LogP contribution in [0.5, 0.6) is 0 Å². The lowest BCUT2D eigenvalue weighted by molar-refractivity contribution is 0.952. The fraction of sp³-hybridized carbons (Fsp3) is 0.750. The Bertz CT molecular complexity index is 77.6. The molecule has 6 heavy (non-hydrogen) atoms. The lowest BCUT2D eigenvalue weighted by Gasteiger charge is -1.73. The van der Waals surface area contributed by atoms with E-state index >= 15 is 0 Å². The molecular weight excluding hydrogens is 142 g/mol. The lowest BCUT2D eigenvalue weighted by Crippen LogP contribution is -1.70. The summed E-state index contributed by atoms with van der Waals surface area (Å²) in [6.07, 6.45) is 2.39. The van der Waals surface area contributed by atoms with E-state index in [0.717, 1.165) is 17.6 Å². The Balaban J connectivity index is 2.45. The van der Waals surface area contributed by atoms with E-state index in [0.29, 0.717) is 0 Å². The molecule has 0 fully saturated rings. The van der Waals surface area contributed by atoms with Gasteiger partial charge >= 0.3 is 0 Å². The molecule has 0 N–H and O–H groups in total. The van der Waals surface area contributed by atoms with Crippen molar-refractivity contribution in [1.82, 2.24) is 0 Å². The zero-order chi connectivity index (χ0) is 4.41. The molecule has 0 saturated heterocycles. The maximum atomic E-state index is 4.07. The third-order valence-corrected chi connectivity index (χ3v) is 1.47. The van der Waals surface area contributed by atoms with Crippen molar-refractivity contribution in [3.05, 3.63) is 0 Å². The number of hydrogen-bond acceptors (Lipinski definition) is 1. The van der Waals surface area contributed by atoms with Crippen LogP contribution in [0.4, 0.5) is 0 Å². The highest BCUT2D eigenvalue weighted by Crippen LogP contribution is 2.07. The number of hydrogen-bond donors (Lipinski definition) is 0. The van der Waals surface area contributed by atoms with E-state index in [9.17, 15) is 0 Å². The Hall–Kier alpha value is 0.150. The van der Waals surface area contributed by atoms with Crippen LogP contribution >= 0.6 is 15.9 Å². The van der Waals surface area contributed by atoms with E-state index in [1.807, 2.05) is 0 Å². The predicted octanol–water partition coefficient (Wildman–Crippen LogP) is 1.57. The Morgan fingerprint density at radius 2 is 2.50 bits per heavy atom. The second-order valence-electron chi connectivity index (χ2n) is 1.36. The minimum absolute atomic E-state index is 1.03. The molecule has 1 heterocycles. The third-order valence-electron chi connectivity index (χ3n) is 0.825. The number of rotatable bonds is 0. The van der Waals surface area contributed by atoms with Gasteiger partial charge in [-0.05, 0) is 28.8 Å². The average molecular weight is 148 g/mol. The van der Waals surface area contributed by atoms with Gasteiger partial charge in [0.15, 0.2) is 0 Å². The maximum Gasteiger partial charge on any atom is 0.0774 e. The second kappa shape index (κ2) is 1.73. The van der Waals surface area contributed by atoms with Gasteiger partial charge in [0.05, 0.1) is 4.62 Å². The maximum absolute atomic E-state index is 4.07. The molecule has 0 aromatic rings. The Morgan fingerprint density at radius 1 is 1.67 bits per heavy atom. The summed E-state index contributed by atoms with van der Waals surface area (Å²) in [6, 6.07) is 0. The summed E-state index contributed by atoms with van der Waals surface area (Å²) in [5, 5.41) is 0. The molecular formula is C4H6BrN. The van der Waals surface area contributed by atoms with Gasteiger partial charge in [-0.2, -0.15) is 0 Å². The summed E-state index contributed by atoms with van der Waals surface area (Å²) in [6.45, 7) is 1.03. The minimum Gasteiger partial charge on any atom is -0.282 e. The number of aliphatic imine (C=N–C) groups is 1. The first-order chi connectivity index (χ1) is 2.89. The topological polar surface area (TPSA) is 12.4 Å². The molecule has 0 saturated carbocycles. The zero-order valence-corrected chi connectivity index (χ0v) is 5.03. The highest BCUT2D eigenvalue weighted by molar-refractivity contribution is 9.18. The number of nitrogens with zero attached hydrogens (tertiary/aromatic N) is 1. The van der Waals surface area contributed by atoms with Crippen LogP contribution in [0.1, 0.15) is 12.8 Å². The fourth-order valence-corrected chi connectivity index (χ4v) is 0.962. The smallest absolute Gasteiger partial charge is 0.0774 e. The molecule has 0 bridgehead atoms. The molecule has 2 heteroatoms. The molecule has 1 rings (SSSR count). The van der Waals surface area contributed by atoms with Crippen molar-refractivity contribution in [2.75, 3.05) is 6.54 Å². The van der Waals surface area contributed by atoms with Crippen LogP contribution in [-0.2, 0) is 0 Å². The van der Waals surface area contributed by atoms with E-state index in [4.69, 9.17) is 0 Å². The van der Waals surface area contributed by atoms with Gasteiger partial charge in [-0.15, -0.1) is 0 Å². The van der Waals surface area contributed by atoms with Gasteiger partial charge in [-0.1, -0.05) is 0 Å². The predicted molar refractivity (Wildman–Crippen MR) is 30.5 cm³/mol. The SMILES string of the molecule is BrC1=NCCC1. The van der Waals surface area contributed by atoms with E-state index in [1.165, 1.54) is 6.42 Å². The molecule has 0 aliphatic carbocycles. The van der Waals surface area contributed by atoms with Gasteiger partial charge < -0.3 is 0 Å². The van der Waals surface area contributed by atoms with Crippen LogP contribution in [0, 0.1) is 0 Å². The van der Waals surface area contributed by atoms with Gasteiger partial charge in [0, 0.05) is 6.54 Å². The molecule has 1 aliphatic heterocycles. The Morgan fingerprint density at radius 3 is 2.67 bits per heavy atom. The molecule has 0 spiro atoms. The van der Waals surface area contributed by atoms with E-state index in [1.54, 1.807) is 0 Å². The largest absolute Gasteiger partial charge is 0.282 e. The summed E-state index contributed by atoms with van der Waals surface area (Å²) in [5.41, 5.74) is 0. The summed E-state index contributed by atoms with van der Waals surface area (Å²) >= 11 is 3.29. The van der Waals surface area contributed by atoms with Gasteiger partial charge in [0.1, 0.15) is 0 Å². The average Bonchev–Trinajstić information content (AvgIpc) is 1.86. The molecule has 34 valence electrons. The van der Waals surface area contributed by atoms with Crippen LogP contribution in [0.2, 0.25) is 0 Å². The normalized spacial score (nSPS) is 21.2. The summed E-state index contributed by atoms with van der Waals surface area (Å²) in [4.78, 5) is 4.07. The summed E-state index contributed by atoms with van der Waals surface area (Å²) in [5.74, 6) is 0. The first-order valence-electron chi connectivity index (χ1n) is 2.08. The van der Waals surface area contributed by atoms with Crippen molar-refractivity contribution in [3.63, 3.8) is 0 Å². The Kier molecular flexibility index (Phi) is 1.25. The second-order valence-corrected chi connectivity index (χ2v) is 2.28. The lowest BCUT2D eigenvalue weighted by atomic mass is 10.4.